The van der Waals surface area contributed by atoms with E-state index in [1.165, 1.54) is 0 Å². The number of nitrogen functional groups attached to an aromatic ring is 1. The summed E-state index contributed by atoms with van der Waals surface area (Å²) in [6.45, 7) is 7.56. The zero-order valence-corrected chi connectivity index (χ0v) is 16.4. The first kappa shape index (κ1) is 18.6. The van der Waals surface area contributed by atoms with Gasteiger partial charge in [0, 0.05) is 49.7 Å². The van der Waals surface area contributed by atoms with Crippen LogP contribution >= 0.6 is 0 Å². The molecule has 2 aliphatic rings. The number of hydrogen-bond donors (Lipinski definition) is 2. The lowest BCUT2D eigenvalue weighted by molar-refractivity contribution is 0.233. The van der Waals surface area contributed by atoms with Gasteiger partial charge in [-0.25, -0.2) is 4.79 Å². The van der Waals surface area contributed by atoms with E-state index in [4.69, 9.17) is 11.1 Å². The summed E-state index contributed by atoms with van der Waals surface area (Å²) in [5.74, 6) is 5.74. The van der Waals surface area contributed by atoms with Gasteiger partial charge in [0.25, 0.3) is 5.56 Å². The van der Waals surface area contributed by atoms with Crippen LogP contribution < -0.4 is 27.3 Å². The summed E-state index contributed by atoms with van der Waals surface area (Å²) in [6.07, 6.45) is 2.39. The maximum absolute atomic E-state index is 12.6. The molecule has 4 rings (SSSR count). The molecule has 0 unspecified atom stereocenters. The third-order valence-corrected chi connectivity index (χ3v) is 5.87. The van der Waals surface area contributed by atoms with Crippen molar-refractivity contribution in [3.63, 3.8) is 0 Å². The van der Waals surface area contributed by atoms with Gasteiger partial charge in [-0.2, -0.15) is 9.94 Å². The van der Waals surface area contributed by atoms with E-state index >= 15 is 0 Å². The second-order valence-electron chi connectivity index (χ2n) is 8.42. The molecule has 3 N–H and O–H groups in total. The molecule has 2 heterocycles. The summed E-state index contributed by atoms with van der Waals surface area (Å²) in [7, 11) is 0. The Morgan fingerprint density at radius 3 is 2.68 bits per heavy atom. The van der Waals surface area contributed by atoms with Crippen LogP contribution in [0.25, 0.3) is 10.9 Å². The molecule has 0 spiro atoms. The maximum atomic E-state index is 12.6. The molecule has 1 aliphatic heterocycles. The summed E-state index contributed by atoms with van der Waals surface area (Å²) in [5.41, 5.74) is 2.01. The number of hydrogen-bond acceptors (Lipinski definition) is 6. The molecule has 1 aromatic carbocycles. The molecule has 28 heavy (non-hydrogen) atoms. The number of aryl methyl sites for hydroxylation is 1. The molecule has 1 aliphatic carbocycles. The van der Waals surface area contributed by atoms with Crippen LogP contribution in [0.3, 0.4) is 0 Å². The number of rotatable bonds is 6. The molecule has 2 fully saturated rings. The van der Waals surface area contributed by atoms with Crippen LogP contribution in [0.1, 0.15) is 37.8 Å². The van der Waals surface area contributed by atoms with Crippen molar-refractivity contribution in [3.8, 4) is 6.07 Å². The Labute approximate surface area is 163 Å². The van der Waals surface area contributed by atoms with E-state index in [1.807, 2.05) is 13.0 Å². The van der Waals surface area contributed by atoms with Gasteiger partial charge in [0.05, 0.1) is 17.0 Å². The van der Waals surface area contributed by atoms with E-state index in [1.54, 1.807) is 10.6 Å². The molecule has 8 heteroatoms. The van der Waals surface area contributed by atoms with Gasteiger partial charge >= 0.3 is 5.69 Å². The van der Waals surface area contributed by atoms with Gasteiger partial charge in [0.1, 0.15) is 0 Å². The monoisotopic (exact) mass is 382 g/mol. The van der Waals surface area contributed by atoms with Crippen LogP contribution in [0.5, 0.6) is 0 Å². The quantitative estimate of drug-likeness (QED) is 0.566. The lowest BCUT2D eigenvalue weighted by Gasteiger charge is -2.50. The molecule has 1 saturated carbocycles. The number of fused-ring (bicyclic) bond motifs is 1. The molecule has 0 amide bonds. The van der Waals surface area contributed by atoms with Crippen LogP contribution in [-0.4, -0.2) is 35.4 Å². The van der Waals surface area contributed by atoms with Crippen LogP contribution in [0.4, 0.5) is 5.69 Å². The van der Waals surface area contributed by atoms with Gasteiger partial charge in [0.15, 0.2) is 0 Å². The number of nitrogens with two attached hydrogens (primary N) is 1. The molecule has 2 aromatic rings. The molecule has 148 valence electrons. The largest absolute Gasteiger partial charge is 0.370 e. The number of aromatic nitrogens is 2. The van der Waals surface area contributed by atoms with Gasteiger partial charge in [-0.3, -0.25) is 9.36 Å². The van der Waals surface area contributed by atoms with Crippen molar-refractivity contribution in [2.24, 2.45) is 5.41 Å². The average molecular weight is 382 g/mol. The number of nitriles is 1. The zero-order valence-electron chi connectivity index (χ0n) is 16.4. The Morgan fingerprint density at radius 1 is 1.32 bits per heavy atom. The van der Waals surface area contributed by atoms with Crippen LogP contribution in [0.2, 0.25) is 0 Å². The number of nitrogens with zero attached hydrogens (tertiary/aromatic N) is 4. The van der Waals surface area contributed by atoms with Crippen molar-refractivity contribution in [2.75, 3.05) is 36.9 Å². The number of anilines is 1. The zero-order chi connectivity index (χ0) is 20.1. The predicted molar refractivity (Wildman–Crippen MR) is 109 cm³/mol. The Hall–Kier alpha value is -2.79. The van der Waals surface area contributed by atoms with E-state index in [0.29, 0.717) is 18.4 Å². The Balaban J connectivity index is 1.66. The molecule has 0 radical (unpaired) electrons. The first-order valence-corrected chi connectivity index (χ1v) is 9.75. The van der Waals surface area contributed by atoms with Gasteiger partial charge in [-0.05, 0) is 37.5 Å². The molecule has 8 nitrogen and oxygen atoms in total. The summed E-state index contributed by atoms with van der Waals surface area (Å²) in [6, 6.07) is 6.03. The maximum Gasteiger partial charge on any atom is 0.350 e. The smallest absolute Gasteiger partial charge is 0.350 e. The Kier molecular flexibility index (Phi) is 4.42. The van der Waals surface area contributed by atoms with E-state index in [9.17, 15) is 9.59 Å². The third kappa shape index (κ3) is 2.96. The molecule has 1 aromatic heterocycles. The second kappa shape index (κ2) is 6.67. The first-order valence-electron chi connectivity index (χ1n) is 9.75. The minimum atomic E-state index is -0.443. The normalized spacial score (nSPS) is 18.1. The summed E-state index contributed by atoms with van der Waals surface area (Å²) < 4.78 is 2.44. The highest BCUT2D eigenvalue weighted by molar-refractivity contribution is 5.87. The van der Waals surface area contributed by atoms with Crippen molar-refractivity contribution >= 4 is 16.6 Å². The van der Waals surface area contributed by atoms with Gasteiger partial charge in [0.2, 0.25) is 0 Å². The Bertz CT molecular complexity index is 1080. The van der Waals surface area contributed by atoms with Gasteiger partial charge in [-0.15, -0.1) is 0 Å². The lowest BCUT2D eigenvalue weighted by atomic mass is 9.81. The number of benzene rings is 1. The lowest BCUT2D eigenvalue weighted by Crippen LogP contribution is -2.59. The highest BCUT2D eigenvalue weighted by Gasteiger charge is 2.39. The second-order valence-corrected chi connectivity index (χ2v) is 8.42. The van der Waals surface area contributed by atoms with Gasteiger partial charge in [-0.1, -0.05) is 6.92 Å². The molecule has 0 bridgehead atoms. The minimum absolute atomic E-state index is 0.130. The summed E-state index contributed by atoms with van der Waals surface area (Å²) >= 11 is 0. The average Bonchev–Trinajstić information content (AvgIpc) is 3.47. The van der Waals surface area contributed by atoms with Crippen molar-refractivity contribution in [1.82, 2.24) is 14.6 Å². The van der Waals surface area contributed by atoms with Crippen molar-refractivity contribution in [1.29, 1.82) is 5.26 Å². The molecular formula is C20H26N6O2. The van der Waals surface area contributed by atoms with Crippen LogP contribution in [-0.2, 0) is 0 Å². The van der Waals surface area contributed by atoms with Crippen molar-refractivity contribution in [3.05, 3.63) is 38.5 Å². The fraction of sp³-hybridized carbons (Fsp3) is 0.550. The van der Waals surface area contributed by atoms with Crippen LogP contribution in [0, 0.1) is 23.7 Å². The topological polar surface area (TPSA) is 109 Å². The SMILES string of the molecule is Cc1c(N2CC(C)(CNCCC#N)C2)ccc2c(=O)n(N)c(=O)n(C3CC3)c12. The highest BCUT2D eigenvalue weighted by Crippen LogP contribution is 2.40. The van der Waals surface area contributed by atoms with E-state index < -0.39 is 11.2 Å². The van der Waals surface area contributed by atoms with E-state index in [0.717, 1.165) is 53.9 Å². The van der Waals surface area contributed by atoms with E-state index in [2.05, 4.69) is 23.2 Å². The fourth-order valence-electron chi connectivity index (χ4n) is 4.31. The number of nitrogens with one attached hydrogen (secondary N) is 1. The predicted octanol–water partition coefficient (Wildman–Crippen LogP) is 0.850. The third-order valence-electron chi connectivity index (χ3n) is 5.87. The van der Waals surface area contributed by atoms with Crippen molar-refractivity contribution in [2.45, 2.75) is 39.2 Å². The first-order chi connectivity index (χ1) is 13.4. The molecule has 0 atom stereocenters. The Morgan fingerprint density at radius 2 is 2.04 bits per heavy atom. The van der Waals surface area contributed by atoms with Crippen molar-refractivity contribution < 1.29 is 0 Å². The van der Waals surface area contributed by atoms with Crippen LogP contribution in [0.15, 0.2) is 21.7 Å². The minimum Gasteiger partial charge on any atom is -0.370 e. The molecular weight excluding hydrogens is 356 g/mol. The standard InChI is InChI=1S/C20H26N6O2/c1-13-16(24-11-20(2,12-24)10-23-9-3-8-21)7-6-15-17(13)25(14-4-5-14)19(28)26(22)18(15)27/h6-7,14,23H,3-5,9-12,22H2,1-2H3. The molecule has 1 saturated heterocycles. The fourth-order valence-corrected chi connectivity index (χ4v) is 4.31. The summed E-state index contributed by atoms with van der Waals surface area (Å²) in [5, 5.41) is 12.5. The van der Waals surface area contributed by atoms with E-state index in [-0.39, 0.29) is 11.5 Å². The van der Waals surface area contributed by atoms with Gasteiger partial charge < -0.3 is 16.1 Å². The summed E-state index contributed by atoms with van der Waals surface area (Å²) in [4.78, 5) is 27.4. The highest BCUT2D eigenvalue weighted by atomic mass is 16.2.